The van der Waals surface area contributed by atoms with Gasteiger partial charge < -0.3 is 16.4 Å². The Labute approximate surface area is 262 Å². The summed E-state index contributed by atoms with van der Waals surface area (Å²) in [6.07, 6.45) is 8.47. The van der Waals surface area contributed by atoms with E-state index in [4.69, 9.17) is 25.7 Å². The third kappa shape index (κ3) is 5.35. The van der Waals surface area contributed by atoms with E-state index in [1.165, 1.54) is 19.3 Å². The van der Waals surface area contributed by atoms with E-state index in [0.717, 1.165) is 56.0 Å². The highest BCUT2D eigenvalue weighted by Crippen LogP contribution is 2.58. The molecular formula is C35H62N8. The van der Waals surface area contributed by atoms with Gasteiger partial charge >= 0.3 is 0 Å². The summed E-state index contributed by atoms with van der Waals surface area (Å²) < 4.78 is 0. The van der Waals surface area contributed by atoms with Gasteiger partial charge in [0, 0.05) is 22.0 Å². The first kappa shape index (κ1) is 32.7. The van der Waals surface area contributed by atoms with E-state index < -0.39 is 11.1 Å². The van der Waals surface area contributed by atoms with Crippen LogP contribution < -0.4 is 16.4 Å². The predicted octanol–water partition coefficient (Wildman–Crippen LogP) is 6.49. The van der Waals surface area contributed by atoms with Gasteiger partial charge in [-0.05, 0) is 99.5 Å². The molecule has 1 aromatic heterocycles. The summed E-state index contributed by atoms with van der Waals surface area (Å²) in [6, 6.07) is 0.157. The Kier molecular flexibility index (Phi) is 7.56. The Morgan fingerprint density at radius 1 is 0.860 bits per heavy atom. The number of rotatable bonds is 3. The zero-order chi connectivity index (χ0) is 32.1. The molecule has 5 heterocycles. The van der Waals surface area contributed by atoms with Crippen molar-refractivity contribution in [2.75, 3.05) is 11.9 Å². The van der Waals surface area contributed by atoms with Gasteiger partial charge in [0.05, 0.1) is 22.7 Å². The number of piperidine rings is 2. The number of aromatic nitrogens is 3. The largest absolute Gasteiger partial charge is 0.330 e. The molecule has 0 aromatic carbocycles. The third-order valence-electron chi connectivity index (χ3n) is 11.1. The number of hydrogen-bond donors (Lipinski definition) is 3. The minimum absolute atomic E-state index is 0.0154. The van der Waals surface area contributed by atoms with Crippen LogP contribution in [-0.2, 0) is 10.8 Å². The Morgan fingerprint density at radius 3 is 2.07 bits per heavy atom. The van der Waals surface area contributed by atoms with Gasteiger partial charge in [-0.1, -0.05) is 53.9 Å². The lowest BCUT2D eigenvalue weighted by Gasteiger charge is -2.69. The second kappa shape index (κ2) is 9.93. The molecule has 0 saturated carbocycles. The maximum Gasteiger partial charge on any atom is 0.228 e. The zero-order valence-electron chi connectivity index (χ0n) is 29.8. The van der Waals surface area contributed by atoms with E-state index in [-0.39, 0.29) is 39.0 Å². The maximum atomic E-state index is 7.96. The van der Waals surface area contributed by atoms with E-state index in [0.29, 0.717) is 5.95 Å². The van der Waals surface area contributed by atoms with Gasteiger partial charge in [0.15, 0.2) is 0 Å². The van der Waals surface area contributed by atoms with Crippen LogP contribution in [0.3, 0.4) is 0 Å². The van der Waals surface area contributed by atoms with Crippen molar-refractivity contribution < 1.29 is 0 Å². The van der Waals surface area contributed by atoms with Gasteiger partial charge in [0.2, 0.25) is 5.95 Å². The molecule has 0 aliphatic carbocycles. The van der Waals surface area contributed by atoms with Gasteiger partial charge in [0.1, 0.15) is 17.3 Å². The van der Waals surface area contributed by atoms with Crippen molar-refractivity contribution in [3.05, 3.63) is 11.6 Å². The van der Waals surface area contributed by atoms with Crippen molar-refractivity contribution in [1.82, 2.24) is 25.2 Å². The van der Waals surface area contributed by atoms with Gasteiger partial charge in [-0.15, -0.1) is 0 Å². The minimum atomic E-state index is -0.973. The molecule has 0 amide bonds. The van der Waals surface area contributed by atoms with Crippen molar-refractivity contribution in [3.8, 4) is 0 Å². The Balaban J connectivity index is 1.76. The Bertz CT molecular complexity index is 1250. The number of aliphatic imine (C=N–C) groups is 1. The molecule has 3 atom stereocenters. The van der Waals surface area contributed by atoms with Crippen LogP contribution in [0.4, 0.5) is 5.95 Å². The summed E-state index contributed by atoms with van der Waals surface area (Å²) in [5, 5.41) is 7.67. The zero-order valence-corrected chi connectivity index (χ0v) is 29.8. The fourth-order valence-corrected chi connectivity index (χ4v) is 10.3. The molecule has 1 aromatic rings. The third-order valence-corrected chi connectivity index (χ3v) is 11.1. The highest BCUT2D eigenvalue weighted by molar-refractivity contribution is 6.05. The predicted molar refractivity (Wildman–Crippen MR) is 179 cm³/mol. The maximum absolute atomic E-state index is 7.96. The summed E-state index contributed by atoms with van der Waals surface area (Å²) in [6.45, 7) is 31.1. The molecule has 8 nitrogen and oxygen atoms in total. The SMILES string of the molecule is CC(C)(C)CC(C)(C)c1nc2nc(n1)C13CCCCCCN(C(C)(C)C(=NC4CC(C)(C)NC(C)(C)C4)C1(N)N2)C3(C)C. The molecule has 242 valence electrons. The average Bonchev–Trinajstić information content (AvgIpc) is 2.84. The summed E-state index contributed by atoms with van der Waals surface area (Å²) in [5.41, 5.74) is 6.63. The van der Waals surface area contributed by atoms with Crippen LogP contribution in [0.25, 0.3) is 0 Å². The first-order valence-electron chi connectivity index (χ1n) is 17.0. The normalized spacial score (nSPS) is 34.4. The molecule has 43 heavy (non-hydrogen) atoms. The minimum Gasteiger partial charge on any atom is -0.330 e. The molecule has 4 aliphatic heterocycles. The summed E-state index contributed by atoms with van der Waals surface area (Å²) >= 11 is 0. The topological polar surface area (TPSA) is 104 Å². The molecule has 4 aliphatic rings. The first-order chi connectivity index (χ1) is 19.5. The van der Waals surface area contributed by atoms with Crippen LogP contribution >= 0.6 is 0 Å². The van der Waals surface area contributed by atoms with Crippen LogP contribution in [0.5, 0.6) is 0 Å². The van der Waals surface area contributed by atoms with Crippen LogP contribution in [0, 0.1) is 5.41 Å². The second-order valence-corrected chi connectivity index (χ2v) is 18.6. The molecule has 3 fully saturated rings. The molecule has 0 radical (unpaired) electrons. The highest BCUT2D eigenvalue weighted by Gasteiger charge is 2.73. The van der Waals surface area contributed by atoms with E-state index >= 15 is 0 Å². The lowest BCUT2D eigenvalue weighted by molar-refractivity contribution is -0.0605. The van der Waals surface area contributed by atoms with Gasteiger partial charge in [-0.3, -0.25) is 9.89 Å². The van der Waals surface area contributed by atoms with Crippen molar-refractivity contribution >= 4 is 11.7 Å². The smallest absolute Gasteiger partial charge is 0.228 e. The van der Waals surface area contributed by atoms with E-state index in [2.05, 4.69) is 106 Å². The van der Waals surface area contributed by atoms with Gasteiger partial charge in [0.25, 0.3) is 0 Å². The number of hydrogen-bond acceptors (Lipinski definition) is 8. The molecule has 1 spiro atoms. The number of nitrogens with two attached hydrogens (primary N) is 1. The van der Waals surface area contributed by atoms with Crippen molar-refractivity contribution in [1.29, 1.82) is 0 Å². The lowest BCUT2D eigenvalue weighted by Crippen LogP contribution is -2.88. The van der Waals surface area contributed by atoms with E-state index in [1.807, 2.05) is 0 Å². The Morgan fingerprint density at radius 2 is 1.47 bits per heavy atom. The average molecular weight is 595 g/mol. The molecule has 3 unspecified atom stereocenters. The van der Waals surface area contributed by atoms with Crippen LogP contribution in [0.1, 0.15) is 153 Å². The van der Waals surface area contributed by atoms with Crippen LogP contribution in [0.15, 0.2) is 4.99 Å². The molecule has 5 rings (SSSR count). The number of fused-ring (bicyclic) bond motifs is 3. The first-order valence-corrected chi connectivity index (χ1v) is 17.0. The number of anilines is 1. The van der Waals surface area contributed by atoms with Crippen LogP contribution in [-0.4, -0.2) is 66.0 Å². The summed E-state index contributed by atoms with van der Waals surface area (Å²) in [5.74, 6) is 2.30. The molecule has 3 saturated heterocycles. The Hall–Kier alpha value is -1.64. The van der Waals surface area contributed by atoms with Crippen molar-refractivity contribution in [2.45, 2.75) is 186 Å². The van der Waals surface area contributed by atoms with Crippen molar-refractivity contribution in [2.24, 2.45) is 16.1 Å². The van der Waals surface area contributed by atoms with E-state index in [1.54, 1.807) is 0 Å². The quantitative estimate of drug-likeness (QED) is 0.367. The molecular weight excluding hydrogens is 532 g/mol. The number of nitrogens with zero attached hydrogens (tertiary/aromatic N) is 5. The fraction of sp³-hybridized carbons (Fsp3) is 0.886. The highest BCUT2D eigenvalue weighted by atomic mass is 15.4. The molecule has 4 N–H and O–H groups in total. The van der Waals surface area contributed by atoms with Gasteiger partial charge in [-0.2, -0.15) is 9.97 Å². The molecule has 4 bridgehead atoms. The molecule has 8 heteroatoms. The van der Waals surface area contributed by atoms with Crippen LogP contribution in [0.2, 0.25) is 0 Å². The standard InChI is InChI=1S/C35H62N8/c1-28(2,3)22-29(4,5)25-38-26-34-18-16-14-15-17-19-43(33(34,12)13)32(10,11)24(35(34,36)41-27(39-25)40-26)37-23-20-30(6,7)42-31(8,9)21-23/h23,42H,14-22,36H2,1-13H3,(H,38,39,40,41). The van der Waals surface area contributed by atoms with Gasteiger partial charge in [-0.25, -0.2) is 4.98 Å². The van der Waals surface area contributed by atoms with Crippen molar-refractivity contribution in [3.63, 3.8) is 0 Å². The monoisotopic (exact) mass is 595 g/mol. The second-order valence-electron chi connectivity index (χ2n) is 18.6. The summed E-state index contributed by atoms with van der Waals surface area (Å²) in [4.78, 5) is 24.2. The number of nitrogens with one attached hydrogen (secondary N) is 2. The van der Waals surface area contributed by atoms with E-state index in [9.17, 15) is 0 Å². The summed E-state index contributed by atoms with van der Waals surface area (Å²) in [7, 11) is 0. The fourth-order valence-electron chi connectivity index (χ4n) is 10.3. The lowest BCUT2D eigenvalue weighted by atomic mass is 9.51.